The standard InChI is InChI=1S/C43H71N2O6P/c1-6-8-10-11-12-13-14-15-16-17-18-19-20-21-22-23-24-25-26-27-28-29-30-31-32-33-35-37-43(47)44-41(42(46)36-34-9-7-2)40-51-52(48,49)50-39-38-45(3,4)5/h8,10,12-13,15-16,18-19,21-22,24-25,27-28,30-31,34,36,41-42,46H,6-7,9,11,14,17,20,23,26,29,32-33,35,37-40H2,1-5H3,(H-,44,47,48,49)/p+1/b10-8-,13-12-,16-15-,19-18-,22-21-,25-24-,28-27-,31-30-,36-34+. The van der Waals surface area contributed by atoms with Crippen LogP contribution in [0, 0.1) is 0 Å². The molecule has 0 aromatic heterocycles. The van der Waals surface area contributed by atoms with Crippen LogP contribution in [0.25, 0.3) is 0 Å². The van der Waals surface area contributed by atoms with Crippen LogP contribution in [0.4, 0.5) is 0 Å². The van der Waals surface area contributed by atoms with E-state index in [1.165, 1.54) is 0 Å². The highest BCUT2D eigenvalue weighted by atomic mass is 31.2. The number of phosphoric acid groups is 1. The van der Waals surface area contributed by atoms with Crippen molar-refractivity contribution in [1.29, 1.82) is 0 Å². The van der Waals surface area contributed by atoms with E-state index in [1.807, 2.05) is 34.1 Å². The molecule has 52 heavy (non-hydrogen) atoms. The first kappa shape index (κ1) is 49.2. The van der Waals surface area contributed by atoms with Gasteiger partial charge in [-0.25, -0.2) is 4.57 Å². The molecule has 0 spiro atoms. The quantitative estimate of drug-likeness (QED) is 0.0274. The molecule has 0 saturated carbocycles. The van der Waals surface area contributed by atoms with Gasteiger partial charge >= 0.3 is 7.82 Å². The monoisotopic (exact) mass is 744 g/mol. The van der Waals surface area contributed by atoms with Crippen molar-refractivity contribution in [1.82, 2.24) is 5.32 Å². The van der Waals surface area contributed by atoms with Gasteiger partial charge in [-0.15, -0.1) is 0 Å². The molecule has 0 aromatic carbocycles. The Morgan fingerprint density at radius 2 is 1.13 bits per heavy atom. The van der Waals surface area contributed by atoms with Gasteiger partial charge in [-0.2, -0.15) is 0 Å². The average molecular weight is 744 g/mol. The fraction of sp³-hybridized carbons (Fsp3) is 0.558. The highest BCUT2D eigenvalue weighted by Gasteiger charge is 2.27. The molecule has 0 aromatic rings. The van der Waals surface area contributed by atoms with E-state index in [0.29, 0.717) is 23.9 Å². The van der Waals surface area contributed by atoms with Crippen LogP contribution < -0.4 is 5.32 Å². The maximum atomic E-state index is 12.6. The normalized spacial score (nSPS) is 15.8. The smallest absolute Gasteiger partial charge is 0.387 e. The highest BCUT2D eigenvalue weighted by Crippen LogP contribution is 2.43. The summed E-state index contributed by atoms with van der Waals surface area (Å²) in [5, 5.41) is 13.4. The van der Waals surface area contributed by atoms with Crippen LogP contribution in [-0.2, 0) is 18.4 Å². The number of likely N-dealkylation sites (N-methyl/N-ethyl adjacent to an activating group) is 1. The molecule has 0 aliphatic heterocycles. The summed E-state index contributed by atoms with van der Waals surface area (Å²) in [4.78, 5) is 22.7. The molecule has 0 aliphatic carbocycles. The molecule has 0 bridgehead atoms. The summed E-state index contributed by atoms with van der Waals surface area (Å²) >= 11 is 0. The lowest BCUT2D eigenvalue weighted by molar-refractivity contribution is -0.870. The zero-order valence-electron chi connectivity index (χ0n) is 33.0. The maximum Gasteiger partial charge on any atom is 0.472 e. The molecule has 0 saturated heterocycles. The van der Waals surface area contributed by atoms with E-state index < -0.39 is 20.0 Å². The third-order valence-corrected chi connectivity index (χ3v) is 8.46. The third-order valence-electron chi connectivity index (χ3n) is 7.48. The minimum absolute atomic E-state index is 0.0440. The number of phosphoric ester groups is 1. The number of nitrogens with zero attached hydrogens (tertiary/aromatic N) is 1. The summed E-state index contributed by atoms with van der Waals surface area (Å²) in [7, 11) is 1.51. The fourth-order valence-electron chi connectivity index (χ4n) is 4.41. The number of unbranched alkanes of at least 4 members (excludes halogenated alkanes) is 3. The molecular formula is C43H72N2O6P+. The molecule has 294 valence electrons. The largest absolute Gasteiger partial charge is 0.472 e. The summed E-state index contributed by atoms with van der Waals surface area (Å²) in [5.74, 6) is -0.239. The highest BCUT2D eigenvalue weighted by molar-refractivity contribution is 7.47. The van der Waals surface area contributed by atoms with Crippen molar-refractivity contribution < 1.29 is 32.9 Å². The predicted molar refractivity (Wildman–Crippen MR) is 221 cm³/mol. The number of carbonyl (C=O) groups is 1. The zero-order chi connectivity index (χ0) is 38.6. The number of hydrogen-bond donors (Lipinski definition) is 3. The van der Waals surface area contributed by atoms with Gasteiger partial charge in [0.2, 0.25) is 5.91 Å². The number of rotatable bonds is 32. The van der Waals surface area contributed by atoms with Crippen LogP contribution in [0.2, 0.25) is 0 Å². The van der Waals surface area contributed by atoms with E-state index in [0.717, 1.165) is 77.0 Å². The zero-order valence-corrected chi connectivity index (χ0v) is 33.9. The Bertz CT molecular complexity index is 1210. The molecule has 8 nitrogen and oxygen atoms in total. The molecule has 0 radical (unpaired) electrons. The van der Waals surface area contributed by atoms with E-state index in [2.05, 4.69) is 109 Å². The Balaban J connectivity index is 4.19. The molecule has 3 atom stereocenters. The Morgan fingerprint density at radius 1 is 0.673 bits per heavy atom. The molecule has 0 fully saturated rings. The summed E-state index contributed by atoms with van der Waals surface area (Å²) in [5.41, 5.74) is 0. The number of hydrogen-bond acceptors (Lipinski definition) is 5. The van der Waals surface area contributed by atoms with Gasteiger partial charge < -0.3 is 19.8 Å². The molecule has 0 aliphatic rings. The summed E-state index contributed by atoms with van der Waals surface area (Å²) in [6.45, 7) is 4.39. The summed E-state index contributed by atoms with van der Waals surface area (Å²) in [6.07, 6.45) is 49.6. The van der Waals surface area contributed by atoms with E-state index in [-0.39, 0.29) is 19.1 Å². The van der Waals surface area contributed by atoms with Crippen LogP contribution in [0.5, 0.6) is 0 Å². The van der Waals surface area contributed by atoms with Crippen molar-refractivity contribution >= 4 is 13.7 Å². The number of quaternary nitrogens is 1. The Hall–Kier alpha value is -2.84. The van der Waals surface area contributed by atoms with Crippen LogP contribution in [-0.4, -0.2) is 73.4 Å². The predicted octanol–water partition coefficient (Wildman–Crippen LogP) is 10.2. The van der Waals surface area contributed by atoms with Crippen molar-refractivity contribution in [2.75, 3.05) is 40.9 Å². The van der Waals surface area contributed by atoms with Crippen molar-refractivity contribution in [2.45, 2.75) is 116 Å². The van der Waals surface area contributed by atoms with Crippen molar-refractivity contribution in [3.05, 3.63) is 109 Å². The Kier molecular flexibility index (Phi) is 32.1. The Labute approximate surface area is 317 Å². The van der Waals surface area contributed by atoms with Crippen LogP contribution in [0.3, 0.4) is 0 Å². The van der Waals surface area contributed by atoms with Crippen molar-refractivity contribution in [3.63, 3.8) is 0 Å². The number of allylic oxidation sites excluding steroid dienone is 17. The SMILES string of the molecule is CC/C=C\C/C=C\C/C=C\C/C=C\C/C=C\C/C=C\C/C=C\C/C=C\CCCCC(=O)NC(COP(=O)(O)OCC[N+](C)(C)C)C(O)/C=C/CCC. The van der Waals surface area contributed by atoms with Crippen molar-refractivity contribution in [2.24, 2.45) is 0 Å². The lowest BCUT2D eigenvalue weighted by atomic mass is 10.1. The first-order chi connectivity index (χ1) is 25.0. The topological polar surface area (TPSA) is 105 Å². The van der Waals surface area contributed by atoms with Gasteiger partial charge in [0.05, 0.1) is 39.9 Å². The minimum atomic E-state index is -4.33. The van der Waals surface area contributed by atoms with E-state index in [4.69, 9.17) is 9.05 Å². The third kappa shape index (κ3) is 35.6. The van der Waals surface area contributed by atoms with Gasteiger partial charge in [0.15, 0.2) is 0 Å². The molecule has 3 N–H and O–H groups in total. The average Bonchev–Trinajstić information content (AvgIpc) is 3.09. The van der Waals surface area contributed by atoms with Crippen LogP contribution in [0.15, 0.2) is 109 Å². The second-order valence-electron chi connectivity index (χ2n) is 13.6. The molecule has 0 rings (SSSR count). The van der Waals surface area contributed by atoms with Crippen molar-refractivity contribution in [3.8, 4) is 0 Å². The second-order valence-corrected chi connectivity index (χ2v) is 15.0. The second kappa shape index (κ2) is 34.0. The van der Waals surface area contributed by atoms with E-state index in [9.17, 15) is 19.4 Å². The van der Waals surface area contributed by atoms with Gasteiger partial charge in [0.25, 0.3) is 0 Å². The number of nitrogens with one attached hydrogen (secondary N) is 1. The molecule has 0 heterocycles. The number of aliphatic hydroxyl groups is 1. The van der Waals surface area contributed by atoms with Gasteiger partial charge in [0, 0.05) is 6.42 Å². The minimum Gasteiger partial charge on any atom is -0.387 e. The van der Waals surface area contributed by atoms with E-state index in [1.54, 1.807) is 6.08 Å². The first-order valence-corrected chi connectivity index (χ1v) is 20.8. The van der Waals surface area contributed by atoms with Gasteiger partial charge in [-0.05, 0) is 77.0 Å². The summed E-state index contributed by atoms with van der Waals surface area (Å²) in [6, 6.07) is -0.873. The van der Waals surface area contributed by atoms with Gasteiger partial charge in [-0.3, -0.25) is 13.8 Å². The maximum absolute atomic E-state index is 12.6. The number of carbonyl (C=O) groups excluding carboxylic acids is 1. The van der Waals surface area contributed by atoms with Gasteiger partial charge in [0.1, 0.15) is 13.2 Å². The lowest BCUT2D eigenvalue weighted by Crippen LogP contribution is -2.45. The van der Waals surface area contributed by atoms with Gasteiger partial charge in [-0.1, -0.05) is 130 Å². The first-order valence-electron chi connectivity index (χ1n) is 19.3. The van der Waals surface area contributed by atoms with Crippen LogP contribution >= 0.6 is 7.82 Å². The van der Waals surface area contributed by atoms with Crippen LogP contribution in [0.1, 0.15) is 104 Å². The molecule has 9 heteroatoms. The fourth-order valence-corrected chi connectivity index (χ4v) is 5.15. The number of amides is 1. The van der Waals surface area contributed by atoms with E-state index >= 15 is 0 Å². The number of aliphatic hydroxyl groups excluding tert-OH is 1. The molecule has 1 amide bonds. The molecule has 3 unspecified atom stereocenters. The summed E-state index contributed by atoms with van der Waals surface area (Å²) < 4.78 is 23.1. The lowest BCUT2D eigenvalue weighted by Gasteiger charge is -2.25. The Morgan fingerprint density at radius 3 is 1.58 bits per heavy atom. The molecular weight excluding hydrogens is 671 g/mol.